The summed E-state index contributed by atoms with van der Waals surface area (Å²) in [5, 5.41) is 1.03. The monoisotopic (exact) mass is 336 g/mol. The lowest BCUT2D eigenvalue weighted by Crippen LogP contribution is -2.24. The van der Waals surface area contributed by atoms with Crippen LogP contribution in [0.25, 0.3) is 0 Å². The van der Waals surface area contributed by atoms with E-state index in [4.69, 9.17) is 0 Å². The first kappa shape index (κ1) is 12.9. The molecular formula is C10H14Br2N2O. The molecule has 1 aromatic heterocycles. The van der Waals surface area contributed by atoms with Crippen LogP contribution in [0.2, 0.25) is 0 Å². The Morgan fingerprint density at radius 1 is 1.40 bits per heavy atom. The second kappa shape index (κ2) is 6.43. The summed E-state index contributed by atoms with van der Waals surface area (Å²) in [6.45, 7) is 2.61. The van der Waals surface area contributed by atoms with Crippen LogP contribution in [-0.4, -0.2) is 14.9 Å². The van der Waals surface area contributed by atoms with Crippen molar-refractivity contribution in [2.45, 2.75) is 32.7 Å². The van der Waals surface area contributed by atoms with Gasteiger partial charge in [-0.3, -0.25) is 9.36 Å². The molecule has 0 atom stereocenters. The first-order valence-electron chi connectivity index (χ1n) is 4.94. The average Bonchev–Trinajstić information content (AvgIpc) is 2.23. The Morgan fingerprint density at radius 2 is 2.13 bits per heavy atom. The summed E-state index contributed by atoms with van der Waals surface area (Å²) in [6, 6.07) is 0. The number of alkyl halides is 1. The first-order chi connectivity index (χ1) is 7.16. The van der Waals surface area contributed by atoms with Gasteiger partial charge in [-0.15, -0.1) is 0 Å². The van der Waals surface area contributed by atoms with E-state index in [0.717, 1.165) is 37.0 Å². The number of hydrogen-bond acceptors (Lipinski definition) is 2. The average molecular weight is 338 g/mol. The molecule has 0 spiro atoms. The van der Waals surface area contributed by atoms with Crippen LogP contribution in [0.5, 0.6) is 0 Å². The van der Waals surface area contributed by atoms with Gasteiger partial charge in [0.05, 0.1) is 0 Å². The zero-order valence-corrected chi connectivity index (χ0v) is 11.8. The molecule has 0 saturated carbocycles. The molecule has 5 heteroatoms. The Bertz CT molecular complexity index is 376. The summed E-state index contributed by atoms with van der Waals surface area (Å²) in [6.07, 6.45) is 4.86. The SMILES string of the molecule is Cc1ncc(Br)c(=O)n1CCCCCBr. The van der Waals surface area contributed by atoms with Crippen LogP contribution in [0.3, 0.4) is 0 Å². The Hall–Kier alpha value is -0.160. The lowest BCUT2D eigenvalue weighted by molar-refractivity contribution is 0.565. The maximum atomic E-state index is 11.7. The fourth-order valence-electron chi connectivity index (χ4n) is 1.36. The summed E-state index contributed by atoms with van der Waals surface area (Å²) >= 11 is 6.59. The molecule has 0 aliphatic heterocycles. The molecule has 0 fully saturated rings. The zero-order chi connectivity index (χ0) is 11.3. The minimum Gasteiger partial charge on any atom is -0.296 e. The highest BCUT2D eigenvalue weighted by Crippen LogP contribution is 2.04. The molecular weight excluding hydrogens is 324 g/mol. The minimum atomic E-state index is 0.0151. The molecule has 0 aromatic carbocycles. The van der Waals surface area contributed by atoms with Gasteiger partial charge >= 0.3 is 0 Å². The predicted octanol–water partition coefficient (Wildman–Crippen LogP) is 2.88. The number of aryl methyl sites for hydroxylation is 1. The van der Waals surface area contributed by atoms with Gasteiger partial charge in [0.15, 0.2) is 0 Å². The van der Waals surface area contributed by atoms with Gasteiger partial charge in [-0.05, 0) is 35.7 Å². The Labute approximate surface area is 106 Å². The van der Waals surface area contributed by atoms with Crippen molar-refractivity contribution in [3.63, 3.8) is 0 Å². The van der Waals surface area contributed by atoms with Crippen molar-refractivity contribution in [3.8, 4) is 0 Å². The van der Waals surface area contributed by atoms with Crippen LogP contribution in [0, 0.1) is 6.92 Å². The third kappa shape index (κ3) is 3.72. The van der Waals surface area contributed by atoms with E-state index in [-0.39, 0.29) is 5.56 Å². The summed E-state index contributed by atoms with van der Waals surface area (Å²) in [5.41, 5.74) is 0.0151. The van der Waals surface area contributed by atoms with E-state index in [1.807, 2.05) is 6.92 Å². The quantitative estimate of drug-likeness (QED) is 0.611. The van der Waals surface area contributed by atoms with Crippen molar-refractivity contribution in [3.05, 3.63) is 26.8 Å². The third-order valence-corrected chi connectivity index (χ3v) is 3.32. The summed E-state index contributed by atoms with van der Waals surface area (Å²) < 4.78 is 2.26. The van der Waals surface area contributed by atoms with Gasteiger partial charge in [0.25, 0.3) is 5.56 Å². The lowest BCUT2D eigenvalue weighted by Gasteiger charge is -2.08. The molecule has 15 heavy (non-hydrogen) atoms. The van der Waals surface area contributed by atoms with Crippen LogP contribution in [0.1, 0.15) is 25.1 Å². The van der Waals surface area contributed by atoms with Crippen molar-refractivity contribution in [1.82, 2.24) is 9.55 Å². The van der Waals surface area contributed by atoms with Crippen molar-refractivity contribution < 1.29 is 0 Å². The Balaban J connectivity index is 2.68. The number of unbranched alkanes of at least 4 members (excludes halogenated alkanes) is 2. The third-order valence-electron chi connectivity index (χ3n) is 2.22. The smallest absolute Gasteiger partial charge is 0.267 e. The lowest BCUT2D eigenvalue weighted by atomic mass is 10.2. The van der Waals surface area contributed by atoms with E-state index in [1.165, 1.54) is 0 Å². The number of halogens is 2. The standard InChI is InChI=1S/C10H14Br2N2O/c1-8-13-7-9(12)10(15)14(8)6-4-2-3-5-11/h7H,2-6H2,1H3. The molecule has 1 aromatic rings. The van der Waals surface area contributed by atoms with Crippen LogP contribution >= 0.6 is 31.9 Å². The second-order valence-corrected chi connectivity index (χ2v) is 5.01. The fourth-order valence-corrected chi connectivity index (χ4v) is 2.07. The van der Waals surface area contributed by atoms with E-state index in [2.05, 4.69) is 36.8 Å². The molecule has 0 aliphatic rings. The van der Waals surface area contributed by atoms with Gasteiger partial charge in [0.2, 0.25) is 0 Å². The highest BCUT2D eigenvalue weighted by molar-refractivity contribution is 9.10. The molecule has 0 amide bonds. The van der Waals surface area contributed by atoms with Crippen molar-refractivity contribution >= 4 is 31.9 Å². The predicted molar refractivity (Wildman–Crippen MR) is 68.6 cm³/mol. The number of hydrogen-bond donors (Lipinski definition) is 0. The van der Waals surface area contributed by atoms with E-state index >= 15 is 0 Å². The van der Waals surface area contributed by atoms with Crippen LogP contribution in [0.4, 0.5) is 0 Å². The molecule has 0 radical (unpaired) electrons. The number of nitrogens with zero attached hydrogens (tertiary/aromatic N) is 2. The van der Waals surface area contributed by atoms with Crippen LogP contribution in [-0.2, 0) is 6.54 Å². The fraction of sp³-hybridized carbons (Fsp3) is 0.600. The molecule has 0 unspecified atom stereocenters. The molecule has 1 heterocycles. The van der Waals surface area contributed by atoms with Gasteiger partial charge in [0.1, 0.15) is 10.3 Å². The Morgan fingerprint density at radius 3 is 2.80 bits per heavy atom. The van der Waals surface area contributed by atoms with Gasteiger partial charge < -0.3 is 0 Å². The summed E-state index contributed by atoms with van der Waals surface area (Å²) in [5.74, 6) is 0.780. The van der Waals surface area contributed by atoms with Crippen LogP contribution < -0.4 is 5.56 Å². The largest absolute Gasteiger partial charge is 0.296 e. The molecule has 3 nitrogen and oxygen atoms in total. The normalized spacial score (nSPS) is 10.6. The maximum Gasteiger partial charge on any atom is 0.267 e. The van der Waals surface area contributed by atoms with Gasteiger partial charge in [-0.25, -0.2) is 4.98 Å². The summed E-state index contributed by atoms with van der Waals surface area (Å²) in [7, 11) is 0. The topological polar surface area (TPSA) is 34.9 Å². The molecule has 1 rings (SSSR count). The van der Waals surface area contributed by atoms with Gasteiger partial charge in [0, 0.05) is 18.1 Å². The molecule has 0 saturated heterocycles. The van der Waals surface area contributed by atoms with Crippen LogP contribution in [0.15, 0.2) is 15.5 Å². The van der Waals surface area contributed by atoms with Gasteiger partial charge in [-0.1, -0.05) is 22.4 Å². The minimum absolute atomic E-state index is 0.0151. The maximum absolute atomic E-state index is 11.7. The highest BCUT2D eigenvalue weighted by atomic mass is 79.9. The van der Waals surface area contributed by atoms with E-state index < -0.39 is 0 Å². The van der Waals surface area contributed by atoms with Crippen molar-refractivity contribution in [2.75, 3.05) is 5.33 Å². The highest BCUT2D eigenvalue weighted by Gasteiger charge is 2.04. The number of rotatable bonds is 5. The van der Waals surface area contributed by atoms with E-state index in [0.29, 0.717) is 4.47 Å². The number of aromatic nitrogens is 2. The molecule has 84 valence electrons. The van der Waals surface area contributed by atoms with Crippen molar-refractivity contribution in [2.24, 2.45) is 0 Å². The molecule has 0 N–H and O–H groups in total. The zero-order valence-electron chi connectivity index (χ0n) is 8.67. The van der Waals surface area contributed by atoms with Crippen molar-refractivity contribution in [1.29, 1.82) is 0 Å². The second-order valence-electron chi connectivity index (χ2n) is 3.36. The summed E-state index contributed by atoms with van der Waals surface area (Å²) in [4.78, 5) is 15.9. The molecule has 0 bridgehead atoms. The molecule has 0 aliphatic carbocycles. The first-order valence-corrected chi connectivity index (χ1v) is 6.86. The van der Waals surface area contributed by atoms with Gasteiger partial charge in [-0.2, -0.15) is 0 Å². The van der Waals surface area contributed by atoms with E-state index in [9.17, 15) is 4.79 Å². The Kier molecular flexibility index (Phi) is 5.53. The van der Waals surface area contributed by atoms with E-state index in [1.54, 1.807) is 10.8 Å².